The first-order valence-corrected chi connectivity index (χ1v) is 26.2. The molecule has 77 heavy (non-hydrogen) atoms. The van der Waals surface area contributed by atoms with Crippen LogP contribution in [0.2, 0.25) is 0 Å². The molecule has 0 radical (unpaired) electrons. The minimum Gasteiger partial charge on any atom is -0.324 e. The first-order valence-electron chi connectivity index (χ1n) is 21.8. The zero-order valence-electron chi connectivity index (χ0n) is 39.5. The molecule has 0 saturated heterocycles. The highest BCUT2D eigenvalue weighted by molar-refractivity contribution is 7.95. The minimum atomic E-state index is -4.77. The molecule has 26 nitrogen and oxygen atoms in total. The molecule has 0 aliphatic heterocycles. The van der Waals surface area contributed by atoms with Crippen LogP contribution >= 0.6 is 24.1 Å². The Morgan fingerprint density at radius 2 is 0.883 bits per heavy atom. The lowest BCUT2D eigenvalue weighted by molar-refractivity contribution is -0.432. The van der Waals surface area contributed by atoms with Crippen LogP contribution in [0.4, 0.5) is 80.4 Å². The number of rotatable bonds is 22. The van der Waals surface area contributed by atoms with Gasteiger partial charge in [0.2, 0.25) is 17.8 Å². The number of nitrogens with one attached hydrogen (secondary N) is 3. The van der Waals surface area contributed by atoms with Gasteiger partial charge in [0.15, 0.2) is 0 Å². The second-order valence-electron chi connectivity index (χ2n) is 15.5. The summed E-state index contributed by atoms with van der Waals surface area (Å²) in [6, 6.07) is 39.9. The van der Waals surface area contributed by atoms with Crippen LogP contribution in [0, 0.1) is 13.8 Å². The van der Waals surface area contributed by atoms with Crippen LogP contribution in [0.5, 0.6) is 0 Å². The largest absolute Gasteiger partial charge is 0.324 e. The first kappa shape index (κ1) is 54.9. The highest BCUT2D eigenvalue weighted by atomic mass is 32.2. The number of hydrogen-bond acceptors (Lipinski definition) is 26. The van der Waals surface area contributed by atoms with Crippen molar-refractivity contribution in [2.24, 2.45) is 40.9 Å². The van der Waals surface area contributed by atoms with Crippen LogP contribution in [0.1, 0.15) is 11.1 Å². The van der Waals surface area contributed by atoms with Crippen molar-refractivity contribution in [2.45, 2.75) is 33.4 Å². The number of hydrogen-bond donors (Lipinski definition) is 7. The molecule has 392 valence electrons. The molecule has 0 unspecified atom stereocenters. The van der Waals surface area contributed by atoms with Crippen molar-refractivity contribution >= 4 is 125 Å². The zero-order chi connectivity index (χ0) is 54.4. The van der Waals surface area contributed by atoms with E-state index in [4.69, 9.17) is 10.5 Å². The lowest BCUT2D eigenvalue weighted by atomic mass is 10.2. The number of azo groups is 4. The Kier molecular flexibility index (Phi) is 18.1. The van der Waals surface area contributed by atoms with Crippen molar-refractivity contribution in [3.8, 4) is 0 Å². The summed E-state index contributed by atoms with van der Waals surface area (Å²) in [5, 5.41) is 67.8. The Morgan fingerprint density at radius 3 is 1.40 bits per heavy atom. The van der Waals surface area contributed by atoms with E-state index in [0.717, 1.165) is 18.1 Å². The quantitative estimate of drug-likeness (QED) is 0.0109. The average Bonchev–Trinajstić information content (AvgIpc) is 3.41. The SMILES string of the molecule is Cc1cc(Nc2nc(Nc3ccccc3)nc(Nc3ccc(N=Nc4ccc(N=Nc5ccc(SOOO)cc5)cc4S(=O)(=O)O)c(C)c3)n2)ccc1N=Nc1ccc(N=Nc2ccc(S(=O)(=O)O)cc2)cc1SOOO. The highest BCUT2D eigenvalue weighted by Gasteiger charge is 2.18. The fourth-order valence-corrected chi connectivity index (χ4v) is 8.46. The molecule has 8 aromatic rings. The summed E-state index contributed by atoms with van der Waals surface area (Å²) in [5.74, 6) is 0.550. The van der Waals surface area contributed by atoms with Gasteiger partial charge in [-0.2, -0.15) is 62.5 Å². The molecule has 1 aromatic heterocycles. The first-order chi connectivity index (χ1) is 37.1. The molecule has 7 aromatic carbocycles. The third-order valence-corrected chi connectivity index (χ3v) is 13.1. The van der Waals surface area contributed by atoms with Gasteiger partial charge < -0.3 is 16.0 Å². The number of benzene rings is 7. The molecular weight excluding hydrogens is 1080 g/mol. The van der Waals surface area contributed by atoms with Gasteiger partial charge in [0.1, 0.15) is 16.3 Å². The molecule has 30 heteroatoms. The molecular formula is C47H38N14O12S4. The van der Waals surface area contributed by atoms with E-state index in [1.807, 2.05) is 43.3 Å². The molecule has 0 bridgehead atoms. The molecule has 0 spiro atoms. The molecule has 0 aliphatic carbocycles. The maximum absolute atomic E-state index is 12.4. The normalized spacial score (nSPS) is 12.1. The van der Waals surface area contributed by atoms with Crippen LogP contribution in [-0.2, 0) is 39.0 Å². The predicted molar refractivity (Wildman–Crippen MR) is 282 cm³/mol. The third kappa shape index (κ3) is 15.8. The van der Waals surface area contributed by atoms with E-state index < -0.39 is 25.1 Å². The van der Waals surface area contributed by atoms with Gasteiger partial charge in [-0.25, -0.2) is 10.5 Å². The van der Waals surface area contributed by atoms with Crippen LogP contribution in [0.25, 0.3) is 0 Å². The highest BCUT2D eigenvalue weighted by Crippen LogP contribution is 2.37. The Labute approximate surface area is 445 Å². The predicted octanol–water partition coefficient (Wildman–Crippen LogP) is 14.7. The maximum Gasteiger partial charge on any atom is 0.296 e. The number of nitrogens with zero attached hydrogens (tertiary/aromatic N) is 11. The second kappa shape index (κ2) is 25.4. The van der Waals surface area contributed by atoms with E-state index in [2.05, 4.69) is 90.6 Å². The van der Waals surface area contributed by atoms with Gasteiger partial charge in [0, 0.05) is 22.0 Å². The van der Waals surface area contributed by atoms with Gasteiger partial charge >= 0.3 is 0 Å². The summed E-state index contributed by atoms with van der Waals surface area (Å²) < 4.78 is 75.9. The molecule has 7 N–H and O–H groups in total. The maximum atomic E-state index is 12.4. The molecule has 0 fully saturated rings. The average molecular weight is 1120 g/mol. The van der Waals surface area contributed by atoms with E-state index in [0.29, 0.717) is 84.1 Å². The molecule has 8 rings (SSSR count). The Balaban J connectivity index is 0.968. The van der Waals surface area contributed by atoms with E-state index in [1.165, 1.54) is 36.4 Å². The molecule has 0 aliphatic rings. The summed E-state index contributed by atoms with van der Waals surface area (Å²) in [7, 11) is -9.14. The number of aromatic nitrogens is 3. The second-order valence-corrected chi connectivity index (χ2v) is 19.9. The van der Waals surface area contributed by atoms with Crippen LogP contribution in [-0.4, -0.2) is 51.4 Å². The Morgan fingerprint density at radius 1 is 0.442 bits per heavy atom. The summed E-state index contributed by atoms with van der Waals surface area (Å²) >= 11 is 1.40. The zero-order valence-corrected chi connectivity index (χ0v) is 42.8. The standard InChI is InChI=1S/C47H38N14O12S4/c1-28-24-33(12-20-39(28)58-60-41-22-14-35(26-43(41)75-73-71-63)56-55-32-10-18-38(19-11-32)76(64,65)66)49-46-51-45(48-30-6-4-3-5-7-30)52-47(53-46)50-34-13-21-40(29(2)25-34)59-61-42-23-15-36(27-44(42)77(67,68)69)57-54-31-8-16-37(17-9-31)74-72-70-62/h3-27,62-63H,1-2H3,(H,64,65,66)(H,67,68,69)(H3,48,49,50,51,52,53). The van der Waals surface area contributed by atoms with E-state index >= 15 is 0 Å². The minimum absolute atomic E-state index is 0.112. The van der Waals surface area contributed by atoms with Crippen LogP contribution in [0.3, 0.4) is 0 Å². The van der Waals surface area contributed by atoms with Crippen molar-refractivity contribution in [1.29, 1.82) is 0 Å². The fraction of sp³-hybridized carbons (Fsp3) is 0.0426. The summed E-state index contributed by atoms with van der Waals surface area (Å²) in [4.78, 5) is 13.9. The monoisotopic (exact) mass is 1120 g/mol. The van der Waals surface area contributed by atoms with E-state index in [9.17, 15) is 25.9 Å². The molecule has 1 heterocycles. The lowest BCUT2D eigenvalue weighted by Crippen LogP contribution is -2.07. The number of aryl methyl sites for hydroxylation is 2. The van der Waals surface area contributed by atoms with E-state index in [1.54, 1.807) is 79.7 Å². The Bertz CT molecular complexity index is 3750. The molecule has 0 amide bonds. The number of anilines is 6. The molecule has 0 atom stereocenters. The summed E-state index contributed by atoms with van der Waals surface area (Å²) in [6.45, 7) is 3.60. The summed E-state index contributed by atoms with van der Waals surface area (Å²) in [6.07, 6.45) is 0. The van der Waals surface area contributed by atoms with Crippen molar-refractivity contribution in [1.82, 2.24) is 15.0 Å². The Hall–Kier alpha value is -8.37. The topological polar surface area (TPSA) is 360 Å². The summed E-state index contributed by atoms with van der Waals surface area (Å²) in [5.41, 5.74) is 5.47. The molecule has 0 saturated carbocycles. The van der Waals surface area contributed by atoms with Crippen molar-refractivity contribution < 1.29 is 55.2 Å². The smallest absolute Gasteiger partial charge is 0.296 e. The van der Waals surface area contributed by atoms with Gasteiger partial charge in [-0.3, -0.25) is 9.11 Å². The van der Waals surface area contributed by atoms with Gasteiger partial charge in [0.25, 0.3) is 20.2 Å². The lowest BCUT2D eigenvalue weighted by Gasteiger charge is -2.13. The van der Waals surface area contributed by atoms with Gasteiger partial charge in [-0.05, 0) is 158 Å². The van der Waals surface area contributed by atoms with Crippen LogP contribution in [0.15, 0.2) is 212 Å². The van der Waals surface area contributed by atoms with Gasteiger partial charge in [0.05, 0.1) is 68.0 Å². The fourth-order valence-electron chi connectivity index (χ4n) is 6.52. The van der Waals surface area contributed by atoms with Gasteiger partial charge in [-0.1, -0.05) is 28.3 Å². The van der Waals surface area contributed by atoms with Crippen molar-refractivity contribution in [3.63, 3.8) is 0 Å². The third-order valence-electron chi connectivity index (χ3n) is 10.1. The van der Waals surface area contributed by atoms with Crippen LogP contribution < -0.4 is 16.0 Å². The van der Waals surface area contributed by atoms with Crippen molar-refractivity contribution in [3.05, 3.63) is 163 Å². The van der Waals surface area contributed by atoms with E-state index in [-0.39, 0.29) is 34.1 Å². The van der Waals surface area contributed by atoms with Gasteiger partial charge in [-0.15, -0.1) is 18.9 Å². The van der Waals surface area contributed by atoms with Crippen molar-refractivity contribution in [2.75, 3.05) is 16.0 Å². The number of para-hydroxylation sites is 1.